The van der Waals surface area contributed by atoms with Crippen molar-refractivity contribution < 1.29 is 0 Å². The fraction of sp³-hybridized carbons (Fsp3) is 0.455. The second-order valence-electron chi connectivity index (χ2n) is 4.03. The van der Waals surface area contributed by atoms with Crippen molar-refractivity contribution in [1.29, 1.82) is 0 Å². The molecule has 0 amide bonds. The molecule has 6 heteroatoms. The Labute approximate surface area is 110 Å². The molecule has 0 aliphatic carbocycles. The van der Waals surface area contributed by atoms with E-state index in [-0.39, 0.29) is 12.4 Å². The second-order valence-corrected chi connectivity index (χ2v) is 4.92. The summed E-state index contributed by atoms with van der Waals surface area (Å²) in [6.45, 7) is 2.19. The molecule has 0 unspecified atom stereocenters. The standard InChI is InChI=1S/C11H14N4S.ClH/c1-4-12-5-2-8(1)15-10-9-3-6-16-11(9)14-7-13-10;/h3,6-8,12H,1-2,4-5H2,(H,13,14,15);1H. The van der Waals surface area contributed by atoms with Gasteiger partial charge in [0.25, 0.3) is 0 Å². The van der Waals surface area contributed by atoms with Crippen LogP contribution in [0.1, 0.15) is 12.8 Å². The Morgan fingerprint density at radius 1 is 1.29 bits per heavy atom. The Hall–Kier alpha value is -0.910. The molecule has 1 fully saturated rings. The predicted octanol–water partition coefficient (Wildman–Crippen LogP) is 2.28. The first-order chi connectivity index (χ1) is 7.93. The van der Waals surface area contributed by atoms with Crippen molar-refractivity contribution in [2.24, 2.45) is 0 Å². The Morgan fingerprint density at radius 3 is 2.94 bits per heavy atom. The SMILES string of the molecule is Cl.c1nc(NC2CCNCC2)c2ccsc2n1. The minimum atomic E-state index is 0. The number of piperidine rings is 1. The van der Waals surface area contributed by atoms with Gasteiger partial charge in [-0.1, -0.05) is 0 Å². The molecule has 0 spiro atoms. The van der Waals surface area contributed by atoms with Crippen LogP contribution >= 0.6 is 23.7 Å². The van der Waals surface area contributed by atoms with E-state index in [0.29, 0.717) is 6.04 Å². The van der Waals surface area contributed by atoms with E-state index < -0.39 is 0 Å². The lowest BCUT2D eigenvalue weighted by atomic mass is 10.1. The average molecular weight is 271 g/mol. The normalized spacial score (nSPS) is 16.7. The molecule has 17 heavy (non-hydrogen) atoms. The maximum atomic E-state index is 4.34. The Balaban J connectivity index is 0.00000108. The zero-order chi connectivity index (χ0) is 10.8. The summed E-state index contributed by atoms with van der Waals surface area (Å²) in [6, 6.07) is 2.63. The van der Waals surface area contributed by atoms with Crippen molar-refractivity contribution in [3.05, 3.63) is 17.8 Å². The van der Waals surface area contributed by atoms with E-state index in [1.54, 1.807) is 17.7 Å². The minimum absolute atomic E-state index is 0. The third-order valence-electron chi connectivity index (χ3n) is 2.94. The number of anilines is 1. The first-order valence-electron chi connectivity index (χ1n) is 5.59. The van der Waals surface area contributed by atoms with Gasteiger partial charge in [-0.05, 0) is 37.4 Å². The Morgan fingerprint density at radius 2 is 2.12 bits per heavy atom. The van der Waals surface area contributed by atoms with Crippen LogP contribution in [0.5, 0.6) is 0 Å². The molecule has 92 valence electrons. The highest BCUT2D eigenvalue weighted by molar-refractivity contribution is 7.16. The fourth-order valence-corrected chi connectivity index (χ4v) is 2.80. The zero-order valence-corrected chi connectivity index (χ0v) is 11.0. The number of hydrogen-bond donors (Lipinski definition) is 2. The van der Waals surface area contributed by atoms with Crippen LogP contribution in [-0.2, 0) is 0 Å². The second kappa shape index (κ2) is 5.62. The van der Waals surface area contributed by atoms with E-state index in [4.69, 9.17) is 0 Å². The molecule has 0 saturated carbocycles. The van der Waals surface area contributed by atoms with E-state index in [2.05, 4.69) is 32.0 Å². The zero-order valence-electron chi connectivity index (χ0n) is 9.35. The number of aromatic nitrogens is 2. The number of thiophene rings is 1. The van der Waals surface area contributed by atoms with Crippen molar-refractivity contribution in [2.45, 2.75) is 18.9 Å². The van der Waals surface area contributed by atoms with E-state index in [0.717, 1.165) is 42.0 Å². The third-order valence-corrected chi connectivity index (χ3v) is 3.76. The molecule has 0 bridgehead atoms. The highest BCUT2D eigenvalue weighted by atomic mass is 35.5. The monoisotopic (exact) mass is 270 g/mol. The molecule has 2 aromatic heterocycles. The first kappa shape index (κ1) is 12.5. The Bertz CT molecular complexity index is 481. The van der Waals surface area contributed by atoms with Gasteiger partial charge in [0.2, 0.25) is 0 Å². The summed E-state index contributed by atoms with van der Waals surface area (Å²) in [4.78, 5) is 9.65. The lowest BCUT2D eigenvalue weighted by molar-refractivity contribution is 0.478. The summed E-state index contributed by atoms with van der Waals surface area (Å²) in [5, 5.41) is 10.1. The van der Waals surface area contributed by atoms with Gasteiger partial charge in [-0.15, -0.1) is 23.7 Å². The van der Waals surface area contributed by atoms with Gasteiger partial charge in [0.1, 0.15) is 17.0 Å². The van der Waals surface area contributed by atoms with E-state index in [1.165, 1.54) is 0 Å². The number of fused-ring (bicyclic) bond motifs is 1. The predicted molar refractivity (Wildman–Crippen MR) is 74.2 cm³/mol. The largest absolute Gasteiger partial charge is 0.367 e. The van der Waals surface area contributed by atoms with Crippen LogP contribution in [-0.4, -0.2) is 29.1 Å². The van der Waals surface area contributed by atoms with Crippen molar-refractivity contribution in [1.82, 2.24) is 15.3 Å². The maximum Gasteiger partial charge on any atom is 0.138 e. The first-order valence-corrected chi connectivity index (χ1v) is 6.47. The highest BCUT2D eigenvalue weighted by Gasteiger charge is 2.14. The van der Waals surface area contributed by atoms with Gasteiger partial charge in [-0.2, -0.15) is 0 Å². The van der Waals surface area contributed by atoms with Crippen LogP contribution in [0, 0.1) is 0 Å². The van der Waals surface area contributed by atoms with Gasteiger partial charge in [0, 0.05) is 6.04 Å². The molecule has 0 radical (unpaired) electrons. The third kappa shape index (κ3) is 2.68. The van der Waals surface area contributed by atoms with Crippen LogP contribution in [0.15, 0.2) is 17.8 Å². The van der Waals surface area contributed by atoms with Gasteiger partial charge < -0.3 is 10.6 Å². The molecule has 3 heterocycles. The summed E-state index contributed by atoms with van der Waals surface area (Å²) in [5.41, 5.74) is 0. The molecule has 0 aromatic carbocycles. The molecule has 1 aliphatic rings. The van der Waals surface area contributed by atoms with Crippen molar-refractivity contribution in [3.63, 3.8) is 0 Å². The number of hydrogen-bond acceptors (Lipinski definition) is 5. The molecule has 2 N–H and O–H groups in total. The highest BCUT2D eigenvalue weighted by Crippen LogP contribution is 2.25. The molecular formula is C11H15ClN4S. The summed E-state index contributed by atoms with van der Waals surface area (Å²) in [5.74, 6) is 0.984. The number of halogens is 1. The molecule has 1 aliphatic heterocycles. The topological polar surface area (TPSA) is 49.8 Å². The van der Waals surface area contributed by atoms with Gasteiger partial charge in [0.15, 0.2) is 0 Å². The fourth-order valence-electron chi connectivity index (χ4n) is 2.06. The van der Waals surface area contributed by atoms with Crippen LogP contribution in [0.3, 0.4) is 0 Å². The summed E-state index contributed by atoms with van der Waals surface area (Å²) < 4.78 is 0. The minimum Gasteiger partial charge on any atom is -0.367 e. The summed E-state index contributed by atoms with van der Waals surface area (Å²) in [7, 11) is 0. The molecule has 1 saturated heterocycles. The van der Waals surface area contributed by atoms with Crippen LogP contribution in [0.4, 0.5) is 5.82 Å². The van der Waals surface area contributed by atoms with Crippen LogP contribution < -0.4 is 10.6 Å². The van der Waals surface area contributed by atoms with E-state index >= 15 is 0 Å². The quantitative estimate of drug-likeness (QED) is 0.879. The van der Waals surface area contributed by atoms with Crippen molar-refractivity contribution >= 4 is 39.8 Å². The summed E-state index contributed by atoms with van der Waals surface area (Å²) >= 11 is 1.66. The molecule has 3 rings (SSSR count). The average Bonchev–Trinajstić information content (AvgIpc) is 2.80. The van der Waals surface area contributed by atoms with E-state index in [1.807, 2.05) is 0 Å². The molecule has 4 nitrogen and oxygen atoms in total. The number of rotatable bonds is 2. The number of nitrogens with one attached hydrogen (secondary N) is 2. The van der Waals surface area contributed by atoms with Gasteiger partial charge in [-0.3, -0.25) is 0 Å². The molecule has 0 atom stereocenters. The molecular weight excluding hydrogens is 256 g/mol. The maximum absolute atomic E-state index is 4.34. The van der Waals surface area contributed by atoms with Crippen molar-refractivity contribution in [2.75, 3.05) is 18.4 Å². The smallest absolute Gasteiger partial charge is 0.138 e. The summed E-state index contributed by atoms with van der Waals surface area (Å²) in [6.07, 6.45) is 3.97. The van der Waals surface area contributed by atoms with E-state index in [9.17, 15) is 0 Å². The molecule has 2 aromatic rings. The van der Waals surface area contributed by atoms with Crippen LogP contribution in [0.2, 0.25) is 0 Å². The van der Waals surface area contributed by atoms with Gasteiger partial charge in [-0.25, -0.2) is 9.97 Å². The lowest BCUT2D eigenvalue weighted by Gasteiger charge is -2.24. The van der Waals surface area contributed by atoms with Gasteiger partial charge in [0.05, 0.1) is 5.39 Å². The lowest BCUT2D eigenvalue weighted by Crippen LogP contribution is -2.35. The number of nitrogens with zero attached hydrogens (tertiary/aromatic N) is 2. The van der Waals surface area contributed by atoms with Crippen LogP contribution in [0.25, 0.3) is 10.2 Å². The van der Waals surface area contributed by atoms with Crippen molar-refractivity contribution in [3.8, 4) is 0 Å². The van der Waals surface area contributed by atoms with Gasteiger partial charge >= 0.3 is 0 Å². The Kier molecular flexibility index (Phi) is 4.15.